The number of hydrogen-bond donors (Lipinski definition) is 0. The molecule has 1 nitrogen and oxygen atoms in total. The Morgan fingerprint density at radius 3 is 2.50 bits per heavy atom. The van der Waals surface area contributed by atoms with Gasteiger partial charge >= 0.3 is 0 Å². The summed E-state index contributed by atoms with van der Waals surface area (Å²) in [5.41, 5.74) is 1.95. The molecule has 0 heterocycles. The second-order valence-electron chi connectivity index (χ2n) is 3.46. The Labute approximate surface area is 102 Å². The number of halogens is 1. The van der Waals surface area contributed by atoms with Crippen LogP contribution in [0.3, 0.4) is 0 Å². The van der Waals surface area contributed by atoms with Gasteiger partial charge in [0.25, 0.3) is 0 Å². The Morgan fingerprint density at radius 1 is 1.38 bits per heavy atom. The van der Waals surface area contributed by atoms with Crippen molar-refractivity contribution in [3.63, 3.8) is 0 Å². The van der Waals surface area contributed by atoms with Gasteiger partial charge < -0.3 is 4.74 Å². The van der Waals surface area contributed by atoms with Crippen molar-refractivity contribution in [3.05, 3.63) is 71.5 Å². The first-order valence-corrected chi connectivity index (χ1v) is 5.37. The van der Waals surface area contributed by atoms with E-state index < -0.39 is 0 Å². The van der Waals surface area contributed by atoms with Gasteiger partial charge in [0.05, 0.1) is 0 Å². The Bertz CT molecular complexity index is 401. The molecule has 1 aromatic rings. The zero-order chi connectivity index (χ0) is 12.0. The van der Waals surface area contributed by atoms with Gasteiger partial charge in [-0.1, -0.05) is 43.0 Å². The molecule has 0 aromatic heterocycles. The van der Waals surface area contributed by atoms with Crippen LogP contribution in [0.4, 0.5) is 0 Å². The number of ether oxygens (including phenoxy) is 1. The van der Waals surface area contributed by atoms with Crippen molar-refractivity contribution in [1.29, 1.82) is 0 Å². The first-order chi connectivity index (χ1) is 7.63. The van der Waals surface area contributed by atoms with Crippen molar-refractivity contribution in [3.8, 4) is 0 Å². The normalized spacial score (nSPS) is 11.0. The topological polar surface area (TPSA) is 9.23 Å². The van der Waals surface area contributed by atoms with Crippen molar-refractivity contribution >= 4 is 11.6 Å². The van der Waals surface area contributed by atoms with E-state index in [-0.39, 0.29) is 0 Å². The molecule has 0 amide bonds. The van der Waals surface area contributed by atoms with E-state index in [1.807, 2.05) is 31.2 Å². The van der Waals surface area contributed by atoms with Crippen LogP contribution in [0.2, 0.25) is 5.02 Å². The van der Waals surface area contributed by atoms with E-state index in [0.717, 1.165) is 21.9 Å². The minimum absolute atomic E-state index is 0.504. The van der Waals surface area contributed by atoms with Gasteiger partial charge in [-0.2, -0.15) is 0 Å². The molecule has 1 aromatic carbocycles. The summed E-state index contributed by atoms with van der Waals surface area (Å²) in [7, 11) is 0. The molecule has 1 rings (SSSR count). The summed E-state index contributed by atoms with van der Waals surface area (Å²) in [6, 6.07) is 7.56. The molecular formula is C14H15ClO. The molecule has 0 atom stereocenters. The molecule has 0 unspecified atom stereocenters. The summed E-state index contributed by atoms with van der Waals surface area (Å²) in [5.74, 6) is 0.755. The number of rotatable bonds is 5. The van der Waals surface area contributed by atoms with E-state index in [2.05, 4.69) is 13.2 Å². The lowest BCUT2D eigenvalue weighted by Gasteiger charge is -2.09. The minimum Gasteiger partial charge on any atom is -0.489 e. The summed E-state index contributed by atoms with van der Waals surface area (Å²) in [6.07, 6.45) is 3.49. The van der Waals surface area contributed by atoms with Crippen LogP contribution in [0, 0.1) is 0 Å². The first-order valence-electron chi connectivity index (χ1n) is 4.99. The van der Waals surface area contributed by atoms with Crippen LogP contribution in [0.5, 0.6) is 0 Å². The Kier molecular flexibility index (Phi) is 4.87. The maximum absolute atomic E-state index is 5.79. The molecule has 0 radical (unpaired) electrons. The van der Waals surface area contributed by atoms with Crippen LogP contribution in [-0.4, -0.2) is 0 Å². The Morgan fingerprint density at radius 2 is 2.00 bits per heavy atom. The van der Waals surface area contributed by atoms with Crippen molar-refractivity contribution < 1.29 is 4.74 Å². The fourth-order valence-electron chi connectivity index (χ4n) is 1.16. The molecule has 16 heavy (non-hydrogen) atoms. The second kappa shape index (κ2) is 6.19. The monoisotopic (exact) mass is 234 g/mol. The minimum atomic E-state index is 0.504. The van der Waals surface area contributed by atoms with E-state index in [0.29, 0.717) is 6.61 Å². The van der Waals surface area contributed by atoms with Crippen molar-refractivity contribution in [2.75, 3.05) is 0 Å². The van der Waals surface area contributed by atoms with Crippen LogP contribution in [0.1, 0.15) is 12.5 Å². The predicted octanol–water partition coefficient (Wildman–Crippen LogP) is 4.50. The van der Waals surface area contributed by atoms with Gasteiger partial charge in [0.1, 0.15) is 12.4 Å². The highest BCUT2D eigenvalue weighted by atomic mass is 35.5. The number of allylic oxidation sites excluding steroid dienone is 3. The third kappa shape index (κ3) is 3.95. The largest absolute Gasteiger partial charge is 0.489 e. The smallest absolute Gasteiger partial charge is 0.122 e. The number of benzene rings is 1. The quantitative estimate of drug-likeness (QED) is 0.538. The molecular weight excluding hydrogens is 220 g/mol. The third-order valence-corrected chi connectivity index (χ3v) is 2.25. The highest BCUT2D eigenvalue weighted by Gasteiger charge is 1.99. The summed E-state index contributed by atoms with van der Waals surface area (Å²) >= 11 is 5.79. The zero-order valence-electron chi connectivity index (χ0n) is 9.37. The van der Waals surface area contributed by atoms with E-state index in [1.165, 1.54) is 0 Å². The Balaban J connectivity index is 2.62. The highest BCUT2D eigenvalue weighted by Crippen LogP contribution is 2.14. The second-order valence-corrected chi connectivity index (χ2v) is 3.90. The van der Waals surface area contributed by atoms with Crippen LogP contribution < -0.4 is 0 Å². The maximum atomic E-state index is 5.79. The third-order valence-electron chi connectivity index (χ3n) is 2.00. The molecule has 0 saturated carbocycles. The van der Waals surface area contributed by atoms with Gasteiger partial charge in [0, 0.05) is 5.02 Å². The fraction of sp³-hybridized carbons (Fsp3) is 0.143. The summed E-state index contributed by atoms with van der Waals surface area (Å²) in [6.45, 7) is 9.88. The molecule has 0 fully saturated rings. The average molecular weight is 235 g/mol. The lowest BCUT2D eigenvalue weighted by molar-refractivity contribution is 0.207. The lowest BCUT2D eigenvalue weighted by Crippen LogP contribution is -1.94. The zero-order valence-corrected chi connectivity index (χ0v) is 10.1. The molecule has 0 aliphatic rings. The van der Waals surface area contributed by atoms with Gasteiger partial charge in [-0.05, 0) is 36.3 Å². The van der Waals surface area contributed by atoms with Crippen molar-refractivity contribution in [2.24, 2.45) is 0 Å². The molecule has 0 saturated heterocycles. The highest BCUT2D eigenvalue weighted by molar-refractivity contribution is 6.30. The summed E-state index contributed by atoms with van der Waals surface area (Å²) < 4.78 is 5.62. The van der Waals surface area contributed by atoms with E-state index in [1.54, 1.807) is 12.2 Å². The molecule has 0 bridgehead atoms. The van der Waals surface area contributed by atoms with Crippen LogP contribution in [0.15, 0.2) is 60.9 Å². The average Bonchev–Trinajstić information content (AvgIpc) is 2.26. The first kappa shape index (κ1) is 12.6. The molecule has 0 N–H and O–H groups in total. The standard InChI is InChI=1S/C14H15ClO/c1-4-5-14(11(2)3)16-10-12-6-8-13(15)9-7-12/h4-9H,1-2,10H2,3H3/b14-5+. The molecule has 0 spiro atoms. The Hall–Kier alpha value is -1.47. The van der Waals surface area contributed by atoms with E-state index in [9.17, 15) is 0 Å². The summed E-state index contributed by atoms with van der Waals surface area (Å²) in [5, 5.41) is 0.727. The van der Waals surface area contributed by atoms with E-state index >= 15 is 0 Å². The molecule has 2 heteroatoms. The van der Waals surface area contributed by atoms with Gasteiger partial charge in [-0.25, -0.2) is 0 Å². The van der Waals surface area contributed by atoms with Gasteiger partial charge in [-0.3, -0.25) is 0 Å². The summed E-state index contributed by atoms with van der Waals surface area (Å²) in [4.78, 5) is 0. The number of hydrogen-bond acceptors (Lipinski definition) is 1. The fourth-order valence-corrected chi connectivity index (χ4v) is 1.29. The molecule has 0 aliphatic carbocycles. The molecule has 84 valence electrons. The van der Waals surface area contributed by atoms with Crippen molar-refractivity contribution in [2.45, 2.75) is 13.5 Å². The van der Waals surface area contributed by atoms with Crippen LogP contribution in [0.25, 0.3) is 0 Å². The van der Waals surface area contributed by atoms with Crippen LogP contribution in [-0.2, 0) is 11.3 Å². The van der Waals surface area contributed by atoms with Gasteiger partial charge in [-0.15, -0.1) is 0 Å². The lowest BCUT2D eigenvalue weighted by atomic mass is 10.2. The predicted molar refractivity (Wildman–Crippen MR) is 69.3 cm³/mol. The van der Waals surface area contributed by atoms with Gasteiger partial charge in [0.2, 0.25) is 0 Å². The molecule has 0 aliphatic heterocycles. The van der Waals surface area contributed by atoms with Crippen molar-refractivity contribution in [1.82, 2.24) is 0 Å². The SMILES string of the molecule is C=C/C=C(/OCc1ccc(Cl)cc1)C(=C)C. The van der Waals surface area contributed by atoms with Crippen LogP contribution >= 0.6 is 11.6 Å². The maximum Gasteiger partial charge on any atom is 0.122 e. The van der Waals surface area contributed by atoms with E-state index in [4.69, 9.17) is 16.3 Å². The van der Waals surface area contributed by atoms with Gasteiger partial charge in [0.15, 0.2) is 0 Å².